The van der Waals surface area contributed by atoms with Gasteiger partial charge in [-0.2, -0.15) is 26.3 Å². The summed E-state index contributed by atoms with van der Waals surface area (Å²) in [4.78, 5) is 0. The van der Waals surface area contributed by atoms with Crippen molar-refractivity contribution in [2.75, 3.05) is 0 Å². The van der Waals surface area contributed by atoms with E-state index in [9.17, 15) is 26.3 Å². The summed E-state index contributed by atoms with van der Waals surface area (Å²) in [5.74, 6) is -3.59. The van der Waals surface area contributed by atoms with E-state index in [0.717, 1.165) is 17.4 Å². The maximum Gasteiger partial charge on any atom is 0.402 e. The molecule has 0 fully saturated rings. The van der Waals surface area contributed by atoms with Crippen LogP contribution in [0.3, 0.4) is 0 Å². The van der Waals surface area contributed by atoms with E-state index in [1.54, 1.807) is 0 Å². The Hall–Kier alpha value is 0.200. The third-order valence-corrected chi connectivity index (χ3v) is 4.49. The lowest BCUT2D eigenvalue weighted by Gasteiger charge is -2.28. The quantitative estimate of drug-likeness (QED) is 0.668. The van der Waals surface area contributed by atoms with Crippen molar-refractivity contribution in [3.8, 4) is 0 Å². The fraction of sp³-hybridized carbons (Fsp3) is 0.500. The fourth-order valence-electron chi connectivity index (χ4n) is 1.35. The van der Waals surface area contributed by atoms with Crippen molar-refractivity contribution in [3.63, 3.8) is 0 Å². The van der Waals surface area contributed by atoms with Gasteiger partial charge in [0.15, 0.2) is 5.92 Å². The average molecular weight is 421 g/mol. The van der Waals surface area contributed by atoms with Crippen LogP contribution in [0.5, 0.6) is 0 Å². The minimum Gasteiger partial charge on any atom is -0.323 e. The van der Waals surface area contributed by atoms with Gasteiger partial charge < -0.3 is 5.73 Å². The molecule has 1 heterocycles. The van der Waals surface area contributed by atoms with Crippen LogP contribution in [0, 0.1) is 5.92 Å². The van der Waals surface area contributed by atoms with Crippen molar-refractivity contribution in [1.29, 1.82) is 0 Å². The SMILES string of the molecule is NC(c1cc(Br)sc1Br)C(C(F)(F)F)C(F)(F)F. The van der Waals surface area contributed by atoms with Crippen molar-refractivity contribution < 1.29 is 26.3 Å². The van der Waals surface area contributed by atoms with Gasteiger partial charge in [0.05, 0.1) is 13.6 Å². The van der Waals surface area contributed by atoms with E-state index >= 15 is 0 Å². The summed E-state index contributed by atoms with van der Waals surface area (Å²) in [5.41, 5.74) is 4.91. The van der Waals surface area contributed by atoms with Crippen molar-refractivity contribution in [2.24, 2.45) is 11.7 Å². The Kier molecular flexibility index (Phi) is 4.78. The third kappa shape index (κ3) is 3.61. The van der Waals surface area contributed by atoms with E-state index in [0.29, 0.717) is 3.79 Å². The first-order valence-corrected chi connectivity index (χ1v) is 6.68. The van der Waals surface area contributed by atoms with E-state index in [4.69, 9.17) is 5.73 Å². The molecular formula is C8H5Br2F6NS. The van der Waals surface area contributed by atoms with Gasteiger partial charge in [0, 0.05) is 0 Å². The van der Waals surface area contributed by atoms with Gasteiger partial charge in [0.2, 0.25) is 0 Å². The van der Waals surface area contributed by atoms with Crippen LogP contribution in [-0.4, -0.2) is 12.4 Å². The van der Waals surface area contributed by atoms with Gasteiger partial charge in [0.25, 0.3) is 0 Å². The van der Waals surface area contributed by atoms with Gasteiger partial charge >= 0.3 is 12.4 Å². The molecule has 0 amide bonds. The monoisotopic (exact) mass is 419 g/mol. The van der Waals surface area contributed by atoms with Crippen molar-refractivity contribution >= 4 is 43.2 Å². The second-order valence-corrected chi connectivity index (χ2v) is 7.12. The molecule has 1 aromatic rings. The average Bonchev–Trinajstić information content (AvgIpc) is 2.39. The van der Waals surface area contributed by atoms with Gasteiger partial charge in [-0.25, -0.2) is 0 Å². The molecular weight excluding hydrogens is 416 g/mol. The van der Waals surface area contributed by atoms with E-state index in [1.807, 2.05) is 0 Å². The highest BCUT2D eigenvalue weighted by Gasteiger charge is 2.60. The van der Waals surface area contributed by atoms with Gasteiger partial charge in [-0.3, -0.25) is 0 Å². The molecule has 1 atom stereocenters. The molecule has 1 nitrogen and oxygen atoms in total. The molecule has 0 aliphatic carbocycles. The van der Waals surface area contributed by atoms with Crippen molar-refractivity contribution in [3.05, 3.63) is 19.2 Å². The molecule has 1 unspecified atom stereocenters. The zero-order chi connectivity index (χ0) is 14.3. The van der Waals surface area contributed by atoms with Gasteiger partial charge in [-0.05, 0) is 43.5 Å². The number of thiophene rings is 1. The highest BCUT2D eigenvalue weighted by molar-refractivity contribution is 9.12. The molecule has 0 saturated carbocycles. The predicted octanol–water partition coefficient (Wildman–Crippen LogP) is 5.01. The van der Waals surface area contributed by atoms with Crippen LogP contribution >= 0.6 is 43.2 Å². The predicted molar refractivity (Wildman–Crippen MR) is 62.2 cm³/mol. The Morgan fingerprint density at radius 1 is 1.06 bits per heavy atom. The van der Waals surface area contributed by atoms with Crippen LogP contribution in [0.4, 0.5) is 26.3 Å². The summed E-state index contributed by atoms with van der Waals surface area (Å²) in [5, 5.41) is 0. The fourth-order valence-corrected chi connectivity index (χ4v) is 4.31. The van der Waals surface area contributed by atoms with Crippen molar-refractivity contribution in [2.45, 2.75) is 18.4 Å². The number of halogens is 8. The van der Waals surface area contributed by atoms with Crippen LogP contribution in [0.1, 0.15) is 11.6 Å². The zero-order valence-electron chi connectivity index (χ0n) is 8.24. The highest BCUT2D eigenvalue weighted by atomic mass is 79.9. The summed E-state index contributed by atoms with van der Waals surface area (Å²) in [7, 11) is 0. The largest absolute Gasteiger partial charge is 0.402 e. The molecule has 2 N–H and O–H groups in total. The number of alkyl halides is 6. The standard InChI is InChI=1S/C8H5Br2F6NS/c9-3-1-2(6(10)18-3)4(17)5(7(11,12)13)8(14,15)16/h1,4-5H,17H2. The first kappa shape index (κ1) is 16.3. The number of nitrogens with two attached hydrogens (primary N) is 1. The molecule has 1 aromatic heterocycles. The van der Waals surface area contributed by atoms with E-state index < -0.39 is 24.3 Å². The first-order chi connectivity index (χ1) is 7.94. The second-order valence-electron chi connectivity index (χ2n) is 3.37. The molecule has 0 aromatic carbocycles. The minimum atomic E-state index is -5.45. The number of rotatable bonds is 2. The molecule has 104 valence electrons. The second kappa shape index (κ2) is 5.29. The number of hydrogen-bond donors (Lipinski definition) is 1. The summed E-state index contributed by atoms with van der Waals surface area (Å²) >= 11 is 6.82. The Bertz CT molecular complexity index is 412. The molecule has 10 heteroatoms. The molecule has 0 bridgehead atoms. The van der Waals surface area contributed by atoms with Crippen LogP contribution in [0.15, 0.2) is 13.6 Å². The maximum absolute atomic E-state index is 12.5. The molecule has 0 spiro atoms. The Balaban J connectivity index is 3.19. The van der Waals surface area contributed by atoms with Crippen LogP contribution in [-0.2, 0) is 0 Å². The molecule has 0 aliphatic rings. The molecule has 18 heavy (non-hydrogen) atoms. The normalized spacial score (nSPS) is 15.2. The topological polar surface area (TPSA) is 26.0 Å². The van der Waals surface area contributed by atoms with Crippen LogP contribution in [0.2, 0.25) is 0 Å². The van der Waals surface area contributed by atoms with E-state index in [-0.39, 0.29) is 9.35 Å². The maximum atomic E-state index is 12.5. The molecule has 0 radical (unpaired) electrons. The molecule has 1 rings (SSSR count). The molecule has 0 aliphatic heterocycles. The number of hydrogen-bond acceptors (Lipinski definition) is 2. The van der Waals surface area contributed by atoms with Crippen molar-refractivity contribution in [1.82, 2.24) is 0 Å². The lowest BCUT2D eigenvalue weighted by Crippen LogP contribution is -2.43. The summed E-state index contributed by atoms with van der Waals surface area (Å²) in [6, 6.07) is -1.06. The Morgan fingerprint density at radius 2 is 1.50 bits per heavy atom. The highest BCUT2D eigenvalue weighted by Crippen LogP contribution is 2.48. The lowest BCUT2D eigenvalue weighted by molar-refractivity contribution is -0.290. The Labute approximate surface area is 119 Å². The summed E-state index contributed by atoms with van der Waals surface area (Å²) in [6.45, 7) is 0. The third-order valence-electron chi connectivity index (χ3n) is 2.11. The van der Waals surface area contributed by atoms with Gasteiger partial charge in [0.1, 0.15) is 0 Å². The van der Waals surface area contributed by atoms with E-state index in [1.165, 1.54) is 0 Å². The minimum absolute atomic E-state index is 0.139. The molecule has 0 saturated heterocycles. The van der Waals surface area contributed by atoms with Gasteiger partial charge in [-0.15, -0.1) is 11.3 Å². The first-order valence-electron chi connectivity index (χ1n) is 4.28. The zero-order valence-corrected chi connectivity index (χ0v) is 12.2. The van der Waals surface area contributed by atoms with E-state index in [2.05, 4.69) is 31.9 Å². The van der Waals surface area contributed by atoms with Crippen LogP contribution in [0.25, 0.3) is 0 Å². The smallest absolute Gasteiger partial charge is 0.323 e. The summed E-state index contributed by atoms with van der Waals surface area (Å²) < 4.78 is 75.3. The summed E-state index contributed by atoms with van der Waals surface area (Å²) in [6.07, 6.45) is -10.9. The van der Waals surface area contributed by atoms with Gasteiger partial charge in [-0.1, -0.05) is 0 Å². The van der Waals surface area contributed by atoms with Crippen LogP contribution < -0.4 is 5.73 Å². The lowest BCUT2D eigenvalue weighted by atomic mass is 9.94. The Morgan fingerprint density at radius 3 is 1.78 bits per heavy atom.